The fourth-order valence-electron chi connectivity index (χ4n) is 8.35. The second-order valence-corrected chi connectivity index (χ2v) is 13.3. The van der Waals surface area contributed by atoms with Gasteiger partial charge in [-0.2, -0.15) is 0 Å². The lowest BCUT2D eigenvalue weighted by Crippen LogP contribution is -2.56. The normalized spacial score (nSPS) is 32.3. The van der Waals surface area contributed by atoms with E-state index in [0.29, 0.717) is 54.1 Å². The molecule has 1 aromatic heterocycles. The minimum absolute atomic E-state index is 0.0102. The van der Waals surface area contributed by atoms with Gasteiger partial charge in [0.15, 0.2) is 41.3 Å². The summed E-state index contributed by atoms with van der Waals surface area (Å²) in [6.45, 7) is 2.87. The summed E-state index contributed by atoms with van der Waals surface area (Å²) in [6, 6.07) is 7.91. The number of aliphatic hydroxyl groups excluding tert-OH is 2. The zero-order valence-electron chi connectivity index (χ0n) is 27.9. The predicted molar refractivity (Wildman–Crippen MR) is 169 cm³/mol. The molecule has 0 amide bonds. The van der Waals surface area contributed by atoms with Crippen molar-refractivity contribution in [1.82, 2.24) is 9.55 Å². The third-order valence-corrected chi connectivity index (χ3v) is 10.7. The number of ether oxygens (including phenoxy) is 9. The maximum Gasteiger partial charge on any atom is 0.434 e. The number of nitrogens with zero attached hydrogens (tertiary/aromatic N) is 3. The molecule has 3 fully saturated rings. The summed E-state index contributed by atoms with van der Waals surface area (Å²) in [5, 5.41) is 32.6. The van der Waals surface area contributed by atoms with Crippen molar-refractivity contribution in [2.24, 2.45) is 18.9 Å². The molecule has 8 rings (SSSR count). The van der Waals surface area contributed by atoms with Gasteiger partial charge in [0.05, 0.1) is 40.6 Å². The number of methoxy groups -OCH3 is 2. The Kier molecular flexibility index (Phi) is 8.48. The largest absolute Gasteiger partial charge is 0.493 e. The zero-order valence-corrected chi connectivity index (χ0v) is 27.9. The highest BCUT2D eigenvalue weighted by Crippen LogP contribution is 2.57. The Labute approximate surface area is 286 Å². The van der Waals surface area contributed by atoms with Gasteiger partial charge in [-0.15, -0.1) is 0 Å². The summed E-state index contributed by atoms with van der Waals surface area (Å²) in [7, 11) is 4.65. The maximum atomic E-state index is 11.3. The van der Waals surface area contributed by atoms with Gasteiger partial charge >= 0.3 is 5.95 Å². The fourth-order valence-corrected chi connectivity index (χ4v) is 8.35. The van der Waals surface area contributed by atoms with E-state index in [2.05, 4.69) is 4.98 Å². The number of rotatable bonds is 9. The van der Waals surface area contributed by atoms with E-state index in [1.165, 1.54) is 10.8 Å². The molecule has 10 atom stereocenters. The first-order valence-electron chi connectivity index (χ1n) is 16.5. The number of benzene rings is 2. The van der Waals surface area contributed by atoms with E-state index >= 15 is 0 Å². The molecule has 1 aliphatic carbocycles. The van der Waals surface area contributed by atoms with Gasteiger partial charge in [-0.25, -0.2) is 4.57 Å². The lowest BCUT2D eigenvalue weighted by Gasteiger charge is -2.44. The smallest absolute Gasteiger partial charge is 0.434 e. The van der Waals surface area contributed by atoms with Crippen LogP contribution in [0.25, 0.3) is 0 Å². The molecular weight excluding hydrogens is 658 g/mol. The van der Waals surface area contributed by atoms with E-state index in [1.54, 1.807) is 28.2 Å². The molecule has 0 saturated carbocycles. The Bertz CT molecular complexity index is 1760. The van der Waals surface area contributed by atoms with Crippen molar-refractivity contribution in [3.63, 3.8) is 0 Å². The lowest BCUT2D eigenvalue weighted by molar-refractivity contribution is -0.396. The van der Waals surface area contributed by atoms with Crippen LogP contribution in [-0.2, 0) is 32.6 Å². The molecule has 268 valence electrons. The van der Waals surface area contributed by atoms with Crippen molar-refractivity contribution in [2.45, 2.75) is 68.8 Å². The molecule has 0 spiro atoms. The number of aliphatic hydroxyl groups is 2. The summed E-state index contributed by atoms with van der Waals surface area (Å²) in [6.07, 6.45) is -3.12. The van der Waals surface area contributed by atoms with Crippen LogP contribution in [0.3, 0.4) is 0 Å². The first-order valence-corrected chi connectivity index (χ1v) is 16.5. The summed E-state index contributed by atoms with van der Waals surface area (Å²) in [4.78, 5) is 14.6. The molecule has 10 unspecified atom stereocenters. The van der Waals surface area contributed by atoms with Crippen LogP contribution in [-0.4, -0.2) is 95.9 Å². The van der Waals surface area contributed by atoms with E-state index < -0.39 is 41.9 Å². The molecule has 3 saturated heterocycles. The van der Waals surface area contributed by atoms with Crippen molar-refractivity contribution in [3.05, 3.63) is 63.0 Å². The van der Waals surface area contributed by atoms with Crippen molar-refractivity contribution < 1.29 is 57.8 Å². The van der Waals surface area contributed by atoms with Crippen LogP contribution in [0.15, 0.2) is 30.5 Å². The SMILES string of the molecule is COc1cc(C2c3cc4c(cc3C(CC3OC(O)C(O)C5OC(C)OC35)C3COCC23)OCO4)cc(OC)c1OCc1cnc([N+](=O)[O-])n1C. The van der Waals surface area contributed by atoms with Gasteiger partial charge in [0.2, 0.25) is 12.5 Å². The van der Waals surface area contributed by atoms with Crippen LogP contribution >= 0.6 is 0 Å². The number of hydrogen-bond donors (Lipinski definition) is 2. The van der Waals surface area contributed by atoms with Crippen LogP contribution in [0.5, 0.6) is 28.7 Å². The van der Waals surface area contributed by atoms with Gasteiger partial charge < -0.3 is 63.0 Å². The van der Waals surface area contributed by atoms with Gasteiger partial charge in [0.25, 0.3) is 0 Å². The fraction of sp³-hybridized carbons (Fsp3) is 0.559. The molecule has 0 bridgehead atoms. The Hall–Kier alpha value is -4.19. The second kappa shape index (κ2) is 12.9. The first-order chi connectivity index (χ1) is 24.2. The number of fused-ring (bicyclic) bond motifs is 4. The summed E-state index contributed by atoms with van der Waals surface area (Å²) in [5.74, 6) is 2.03. The Balaban J connectivity index is 1.17. The quantitative estimate of drug-likeness (QED) is 0.246. The van der Waals surface area contributed by atoms with Gasteiger partial charge in [0.1, 0.15) is 31.1 Å². The molecule has 2 aromatic carbocycles. The third-order valence-electron chi connectivity index (χ3n) is 10.7. The van der Waals surface area contributed by atoms with E-state index in [9.17, 15) is 20.3 Å². The van der Waals surface area contributed by atoms with Crippen LogP contribution < -0.4 is 23.7 Å². The van der Waals surface area contributed by atoms with Gasteiger partial charge in [-0.1, -0.05) is 4.98 Å². The topological polar surface area (TPSA) is 184 Å². The van der Waals surface area contributed by atoms with Crippen molar-refractivity contribution in [3.8, 4) is 28.7 Å². The lowest BCUT2D eigenvalue weighted by atomic mass is 9.61. The monoisotopic (exact) mass is 697 g/mol. The molecule has 5 heterocycles. The third kappa shape index (κ3) is 5.41. The van der Waals surface area contributed by atoms with Crippen LogP contribution in [0.1, 0.15) is 47.6 Å². The Morgan fingerprint density at radius 2 is 1.66 bits per heavy atom. The molecule has 16 nitrogen and oxygen atoms in total. The minimum atomic E-state index is -1.41. The highest BCUT2D eigenvalue weighted by atomic mass is 16.8. The highest BCUT2D eigenvalue weighted by molar-refractivity contribution is 5.59. The standard InChI is InChI=1S/C34H39N3O13/c1-15-48-31-27(50-33(39)29(38)32(31)49-15)8-19-18-7-23-24(47-14-46-23)9-20(18)28(22-13-44-12-21(19)22)16-5-25(42-3)30(26(6-16)43-4)45-11-17-10-35-34(36(17)2)37(40)41/h5-7,9-10,15,19,21-22,27-29,31-33,38-39H,8,11-14H2,1-4H3. The van der Waals surface area contributed by atoms with Crippen LogP contribution in [0.2, 0.25) is 0 Å². The molecule has 50 heavy (non-hydrogen) atoms. The highest BCUT2D eigenvalue weighted by Gasteiger charge is 2.54. The minimum Gasteiger partial charge on any atom is -0.493 e. The summed E-state index contributed by atoms with van der Waals surface area (Å²) in [5.41, 5.74) is 3.47. The molecule has 5 aliphatic rings. The molecular formula is C34H39N3O13. The van der Waals surface area contributed by atoms with E-state index in [1.807, 2.05) is 24.3 Å². The number of aromatic nitrogens is 2. The summed E-state index contributed by atoms with van der Waals surface area (Å²) >= 11 is 0. The van der Waals surface area contributed by atoms with Crippen molar-refractivity contribution in [1.29, 1.82) is 0 Å². The second-order valence-electron chi connectivity index (χ2n) is 13.3. The predicted octanol–water partition coefficient (Wildman–Crippen LogP) is 2.74. The van der Waals surface area contributed by atoms with Crippen LogP contribution in [0.4, 0.5) is 5.95 Å². The van der Waals surface area contributed by atoms with Crippen molar-refractivity contribution in [2.75, 3.05) is 34.2 Å². The summed E-state index contributed by atoms with van der Waals surface area (Å²) < 4.78 is 55.0. The molecule has 2 N–H and O–H groups in total. The average Bonchev–Trinajstić information content (AvgIpc) is 3.92. The Morgan fingerprint density at radius 3 is 2.34 bits per heavy atom. The van der Waals surface area contributed by atoms with Crippen molar-refractivity contribution >= 4 is 5.95 Å². The van der Waals surface area contributed by atoms with E-state index in [0.717, 1.165) is 16.7 Å². The van der Waals surface area contributed by atoms with Gasteiger partial charge in [0, 0.05) is 5.92 Å². The number of imidazole rings is 1. The molecule has 16 heteroatoms. The average molecular weight is 698 g/mol. The van der Waals surface area contributed by atoms with Gasteiger partial charge in [-0.05, 0) is 77.0 Å². The number of hydrogen-bond acceptors (Lipinski definition) is 14. The maximum absolute atomic E-state index is 11.3. The van der Waals surface area contributed by atoms with E-state index in [4.69, 9.17) is 42.6 Å². The Morgan fingerprint density at radius 1 is 0.980 bits per heavy atom. The van der Waals surface area contributed by atoms with E-state index in [-0.39, 0.29) is 43.0 Å². The molecule has 0 radical (unpaired) electrons. The zero-order chi connectivity index (χ0) is 34.8. The molecule has 3 aromatic rings. The first kappa shape index (κ1) is 33.0. The van der Waals surface area contributed by atoms with Gasteiger partial charge in [-0.3, -0.25) is 0 Å². The van der Waals surface area contributed by atoms with Crippen LogP contribution in [0, 0.1) is 22.0 Å². The molecule has 4 aliphatic heterocycles. The number of nitro groups is 1.